The fourth-order valence-electron chi connectivity index (χ4n) is 3.23. The van der Waals surface area contributed by atoms with E-state index in [1.54, 1.807) is 42.1 Å². The maximum atomic E-state index is 13.5. The van der Waals surface area contributed by atoms with Crippen LogP contribution < -0.4 is 9.62 Å². The monoisotopic (exact) mass is 482 g/mol. The summed E-state index contributed by atoms with van der Waals surface area (Å²) < 4.78 is 28.1. The molecular weight excluding hydrogens is 452 g/mol. The Bertz CT molecular complexity index is 1180. The van der Waals surface area contributed by atoms with Crippen LogP contribution in [0.5, 0.6) is 0 Å². The van der Waals surface area contributed by atoms with Crippen molar-refractivity contribution in [2.45, 2.75) is 37.0 Å². The van der Waals surface area contributed by atoms with E-state index in [0.717, 1.165) is 28.9 Å². The molecule has 0 saturated heterocycles. The molecule has 0 unspecified atom stereocenters. The van der Waals surface area contributed by atoms with E-state index < -0.39 is 10.0 Å². The molecule has 3 aromatic carbocycles. The Kier molecular flexibility index (Phi) is 8.58. The summed E-state index contributed by atoms with van der Waals surface area (Å²) in [5, 5.41) is 2.87. The molecule has 0 aliphatic carbocycles. The highest BCUT2D eigenvalue weighted by Gasteiger charge is 2.27. The number of rotatable bonds is 10. The van der Waals surface area contributed by atoms with Crippen molar-refractivity contribution in [3.8, 4) is 0 Å². The van der Waals surface area contributed by atoms with Gasteiger partial charge in [-0.2, -0.15) is 0 Å². The van der Waals surface area contributed by atoms with Crippen LogP contribution >= 0.6 is 11.8 Å². The molecule has 0 heterocycles. The number of thioether (sulfide) groups is 1. The van der Waals surface area contributed by atoms with E-state index in [1.807, 2.05) is 51.1 Å². The number of amides is 1. The van der Waals surface area contributed by atoms with Gasteiger partial charge in [-0.15, -0.1) is 11.8 Å². The molecule has 7 heteroatoms. The van der Waals surface area contributed by atoms with Crippen molar-refractivity contribution in [1.29, 1.82) is 0 Å². The maximum Gasteiger partial charge on any atom is 0.264 e. The summed E-state index contributed by atoms with van der Waals surface area (Å²) in [6.45, 7) is 6.02. The zero-order valence-corrected chi connectivity index (χ0v) is 20.9. The second kappa shape index (κ2) is 11.4. The standard InChI is InChI=1S/C26H30N2O3S2/c1-20-10-14-25(15-11-20)33(30,31)28(23-13-12-21(2)22(3)18-23)19-26(29)27-16-7-17-32-24-8-5-4-6-9-24/h4-6,8-15,18H,7,16-17,19H2,1-3H3,(H,27,29). The first-order valence-electron chi connectivity index (χ1n) is 10.9. The first-order valence-corrected chi connectivity index (χ1v) is 13.3. The predicted molar refractivity (Wildman–Crippen MR) is 136 cm³/mol. The second-order valence-corrected chi connectivity index (χ2v) is 11.0. The van der Waals surface area contributed by atoms with Crippen LogP contribution in [0.2, 0.25) is 0 Å². The third-order valence-corrected chi connectivity index (χ3v) is 8.22. The SMILES string of the molecule is Cc1ccc(S(=O)(=O)N(CC(=O)NCCCSc2ccccc2)c2ccc(C)c(C)c2)cc1. The van der Waals surface area contributed by atoms with E-state index in [1.165, 1.54) is 9.20 Å². The highest BCUT2D eigenvalue weighted by molar-refractivity contribution is 7.99. The number of nitrogens with zero attached hydrogens (tertiary/aromatic N) is 1. The number of hydrogen-bond donors (Lipinski definition) is 1. The minimum atomic E-state index is -3.90. The molecule has 0 aromatic heterocycles. The largest absolute Gasteiger partial charge is 0.354 e. The molecule has 0 radical (unpaired) electrons. The van der Waals surface area contributed by atoms with Crippen molar-refractivity contribution >= 4 is 33.4 Å². The molecule has 1 N–H and O–H groups in total. The minimum absolute atomic E-state index is 0.165. The number of anilines is 1. The van der Waals surface area contributed by atoms with Crippen LogP contribution in [0.1, 0.15) is 23.1 Å². The van der Waals surface area contributed by atoms with Crippen molar-refractivity contribution in [3.05, 3.63) is 89.5 Å². The Balaban J connectivity index is 1.69. The number of carbonyl (C=O) groups excluding carboxylic acids is 1. The first kappa shape index (κ1) is 24.9. The van der Waals surface area contributed by atoms with Gasteiger partial charge >= 0.3 is 0 Å². The van der Waals surface area contributed by atoms with Crippen LogP contribution in [-0.4, -0.2) is 33.2 Å². The van der Waals surface area contributed by atoms with Crippen molar-refractivity contribution in [1.82, 2.24) is 5.32 Å². The van der Waals surface area contributed by atoms with Crippen LogP contribution in [0, 0.1) is 20.8 Å². The molecule has 0 saturated carbocycles. The Morgan fingerprint density at radius 2 is 1.61 bits per heavy atom. The Morgan fingerprint density at radius 1 is 0.909 bits per heavy atom. The van der Waals surface area contributed by atoms with Crippen molar-refractivity contribution < 1.29 is 13.2 Å². The van der Waals surface area contributed by atoms with Gasteiger partial charge in [0.2, 0.25) is 5.91 Å². The summed E-state index contributed by atoms with van der Waals surface area (Å²) in [4.78, 5) is 14.1. The van der Waals surface area contributed by atoms with E-state index in [0.29, 0.717) is 12.2 Å². The van der Waals surface area contributed by atoms with Gasteiger partial charge in [-0.3, -0.25) is 9.10 Å². The Labute approximate surface area is 201 Å². The zero-order valence-electron chi connectivity index (χ0n) is 19.2. The molecule has 1 amide bonds. The average molecular weight is 483 g/mol. The molecule has 3 rings (SSSR count). The highest BCUT2D eigenvalue weighted by Crippen LogP contribution is 2.26. The molecule has 0 aliphatic heterocycles. The van der Waals surface area contributed by atoms with Crippen molar-refractivity contribution in [2.75, 3.05) is 23.1 Å². The van der Waals surface area contributed by atoms with E-state index >= 15 is 0 Å². The number of carbonyl (C=O) groups is 1. The van der Waals surface area contributed by atoms with Crippen LogP contribution in [0.3, 0.4) is 0 Å². The normalized spacial score (nSPS) is 11.2. The summed E-state index contributed by atoms with van der Waals surface area (Å²) in [5.74, 6) is 0.543. The van der Waals surface area contributed by atoms with Gasteiger partial charge < -0.3 is 5.32 Å². The van der Waals surface area contributed by atoms with Crippen LogP contribution in [0.25, 0.3) is 0 Å². The molecule has 0 aliphatic rings. The van der Waals surface area contributed by atoms with Crippen LogP contribution in [0.4, 0.5) is 5.69 Å². The smallest absolute Gasteiger partial charge is 0.264 e. The lowest BCUT2D eigenvalue weighted by Crippen LogP contribution is -2.41. The fraction of sp³-hybridized carbons (Fsp3) is 0.269. The third kappa shape index (κ3) is 6.85. The number of hydrogen-bond acceptors (Lipinski definition) is 4. The Hall–Kier alpha value is -2.77. The predicted octanol–water partition coefficient (Wildman–Crippen LogP) is 5.11. The van der Waals surface area contributed by atoms with Gasteiger partial charge in [0.05, 0.1) is 10.6 Å². The summed E-state index contributed by atoms with van der Waals surface area (Å²) in [7, 11) is -3.90. The Morgan fingerprint density at radius 3 is 2.27 bits per heavy atom. The maximum absolute atomic E-state index is 13.5. The molecule has 0 bridgehead atoms. The number of sulfonamides is 1. The van der Waals surface area contributed by atoms with Gasteiger partial charge in [0.25, 0.3) is 10.0 Å². The van der Waals surface area contributed by atoms with Gasteiger partial charge in [-0.25, -0.2) is 8.42 Å². The highest BCUT2D eigenvalue weighted by atomic mass is 32.2. The quantitative estimate of drug-likeness (QED) is 0.322. The van der Waals surface area contributed by atoms with Crippen molar-refractivity contribution in [3.63, 3.8) is 0 Å². The minimum Gasteiger partial charge on any atom is -0.354 e. The molecule has 0 spiro atoms. The van der Waals surface area contributed by atoms with E-state index in [4.69, 9.17) is 0 Å². The molecule has 33 heavy (non-hydrogen) atoms. The third-order valence-electron chi connectivity index (χ3n) is 5.33. The van der Waals surface area contributed by atoms with Gasteiger partial charge in [0, 0.05) is 11.4 Å². The summed E-state index contributed by atoms with van der Waals surface area (Å²) >= 11 is 1.73. The molecule has 174 valence electrons. The number of nitrogens with one attached hydrogen (secondary N) is 1. The number of benzene rings is 3. The first-order chi connectivity index (χ1) is 15.8. The summed E-state index contributed by atoms with van der Waals surface area (Å²) in [6, 6.07) is 22.2. The molecule has 5 nitrogen and oxygen atoms in total. The average Bonchev–Trinajstić information content (AvgIpc) is 2.80. The molecule has 3 aromatic rings. The van der Waals surface area contributed by atoms with E-state index in [2.05, 4.69) is 17.4 Å². The van der Waals surface area contributed by atoms with Crippen LogP contribution in [0.15, 0.2) is 82.6 Å². The lowest BCUT2D eigenvalue weighted by atomic mass is 10.1. The second-order valence-electron chi connectivity index (χ2n) is 7.96. The van der Waals surface area contributed by atoms with Crippen molar-refractivity contribution in [2.24, 2.45) is 0 Å². The van der Waals surface area contributed by atoms with Crippen LogP contribution in [-0.2, 0) is 14.8 Å². The fourth-order valence-corrected chi connectivity index (χ4v) is 5.51. The van der Waals surface area contributed by atoms with Gasteiger partial charge in [-0.05, 0) is 80.5 Å². The molecule has 0 atom stereocenters. The van der Waals surface area contributed by atoms with E-state index in [9.17, 15) is 13.2 Å². The van der Waals surface area contributed by atoms with Gasteiger partial charge in [0.15, 0.2) is 0 Å². The molecule has 0 fully saturated rings. The topological polar surface area (TPSA) is 66.5 Å². The summed E-state index contributed by atoms with van der Waals surface area (Å²) in [6.07, 6.45) is 0.791. The lowest BCUT2D eigenvalue weighted by Gasteiger charge is -2.25. The summed E-state index contributed by atoms with van der Waals surface area (Å²) in [5.41, 5.74) is 3.48. The van der Waals surface area contributed by atoms with E-state index in [-0.39, 0.29) is 17.3 Å². The van der Waals surface area contributed by atoms with Gasteiger partial charge in [-0.1, -0.05) is 42.0 Å². The zero-order chi connectivity index (χ0) is 23.8. The lowest BCUT2D eigenvalue weighted by molar-refractivity contribution is -0.119. The molecular formula is C26H30N2O3S2. The number of aryl methyl sites for hydroxylation is 3. The van der Waals surface area contributed by atoms with Gasteiger partial charge in [0.1, 0.15) is 6.54 Å².